The molecule has 1 unspecified atom stereocenters. The van der Waals surface area contributed by atoms with Gasteiger partial charge in [0.05, 0.1) is 25.0 Å². The maximum absolute atomic E-state index is 11.9. The summed E-state index contributed by atoms with van der Waals surface area (Å²) in [5.41, 5.74) is 3.52. The third-order valence-electron chi connectivity index (χ3n) is 5.23. The van der Waals surface area contributed by atoms with Crippen LogP contribution in [-0.4, -0.2) is 43.3 Å². The summed E-state index contributed by atoms with van der Waals surface area (Å²) in [7, 11) is 1.34. The van der Waals surface area contributed by atoms with E-state index in [1.54, 1.807) is 12.1 Å². The molecule has 170 valence electrons. The highest BCUT2D eigenvalue weighted by Crippen LogP contribution is 2.22. The number of rotatable bonds is 8. The normalized spacial score (nSPS) is 16.2. The summed E-state index contributed by atoms with van der Waals surface area (Å²) in [4.78, 5) is 21.9. The summed E-state index contributed by atoms with van der Waals surface area (Å²) in [5, 5.41) is 4.28. The Morgan fingerprint density at radius 1 is 1.06 bits per heavy atom. The first kappa shape index (κ1) is 22.5. The monoisotopic (exact) mass is 446 g/mol. The van der Waals surface area contributed by atoms with Gasteiger partial charge in [-0.1, -0.05) is 47.6 Å². The van der Waals surface area contributed by atoms with E-state index in [0.717, 1.165) is 30.4 Å². The summed E-state index contributed by atoms with van der Waals surface area (Å²) in [6.45, 7) is 0.755. The van der Waals surface area contributed by atoms with Crippen LogP contribution in [0.2, 0.25) is 0 Å². The van der Waals surface area contributed by atoms with E-state index in [1.165, 1.54) is 13.3 Å². The van der Waals surface area contributed by atoms with E-state index in [4.69, 9.17) is 19.0 Å². The van der Waals surface area contributed by atoms with Gasteiger partial charge in [0.15, 0.2) is 0 Å². The second-order valence-electron chi connectivity index (χ2n) is 7.54. The quantitative estimate of drug-likeness (QED) is 0.279. The largest absolute Gasteiger partial charge is 0.487 e. The fourth-order valence-electron chi connectivity index (χ4n) is 3.42. The lowest BCUT2D eigenvalue weighted by atomic mass is 10.1. The third-order valence-corrected chi connectivity index (χ3v) is 5.23. The fraction of sp³-hybridized carbons (Fsp3) is 0.269. The smallest absolute Gasteiger partial charge is 0.337 e. The molecule has 2 aromatic carbocycles. The van der Waals surface area contributed by atoms with Crippen molar-refractivity contribution in [3.8, 4) is 16.9 Å². The van der Waals surface area contributed by atoms with Gasteiger partial charge in [-0.25, -0.2) is 4.79 Å². The number of ether oxygens (including phenoxy) is 3. The highest BCUT2D eigenvalue weighted by atomic mass is 16.8. The zero-order valence-corrected chi connectivity index (χ0v) is 18.5. The van der Waals surface area contributed by atoms with Gasteiger partial charge < -0.3 is 19.0 Å². The molecule has 1 atom stereocenters. The number of pyridine rings is 1. The third kappa shape index (κ3) is 6.17. The predicted octanol–water partition coefficient (Wildman–Crippen LogP) is 4.86. The van der Waals surface area contributed by atoms with E-state index in [1.807, 2.05) is 42.5 Å². The number of hydrogen-bond donors (Lipinski definition) is 0. The first-order valence-electron chi connectivity index (χ1n) is 10.9. The minimum atomic E-state index is -0.452. The topological polar surface area (TPSA) is 79.2 Å². The van der Waals surface area contributed by atoms with Gasteiger partial charge in [0.1, 0.15) is 18.1 Å². The zero-order chi connectivity index (χ0) is 22.9. The molecular weight excluding hydrogens is 420 g/mol. The number of esters is 1. The van der Waals surface area contributed by atoms with Crippen LogP contribution in [0.15, 0.2) is 78.1 Å². The number of nitrogens with zero attached hydrogens (tertiary/aromatic N) is 2. The van der Waals surface area contributed by atoms with Crippen molar-refractivity contribution in [1.82, 2.24) is 4.98 Å². The van der Waals surface area contributed by atoms with Crippen LogP contribution in [0.1, 0.15) is 35.3 Å². The van der Waals surface area contributed by atoms with Gasteiger partial charge in [-0.15, -0.1) is 0 Å². The summed E-state index contributed by atoms with van der Waals surface area (Å²) >= 11 is 0. The predicted molar refractivity (Wildman–Crippen MR) is 124 cm³/mol. The van der Waals surface area contributed by atoms with Gasteiger partial charge in [-0.3, -0.25) is 4.98 Å². The molecule has 1 aromatic heterocycles. The van der Waals surface area contributed by atoms with E-state index < -0.39 is 12.3 Å². The molecule has 4 rings (SSSR count). The van der Waals surface area contributed by atoms with Crippen LogP contribution < -0.4 is 4.74 Å². The SMILES string of the molecule is COC(=O)c1ccnc(/C(COc2ccc(-c3ccccc3)cc2)=N/OC2CCCCO2)c1. The van der Waals surface area contributed by atoms with Crippen LogP contribution in [0.3, 0.4) is 0 Å². The molecule has 1 aliphatic heterocycles. The van der Waals surface area contributed by atoms with Crippen LogP contribution in [0, 0.1) is 0 Å². The molecule has 1 saturated heterocycles. The summed E-state index contributed by atoms with van der Waals surface area (Å²) in [6.07, 6.45) is 3.94. The fourth-order valence-corrected chi connectivity index (χ4v) is 3.42. The molecule has 3 aromatic rings. The van der Waals surface area contributed by atoms with Gasteiger partial charge >= 0.3 is 5.97 Å². The molecule has 0 spiro atoms. The molecular formula is C26H26N2O5. The molecule has 0 radical (unpaired) electrons. The molecule has 7 heteroatoms. The summed E-state index contributed by atoms with van der Waals surface area (Å²) < 4.78 is 16.4. The lowest BCUT2D eigenvalue weighted by Gasteiger charge is -2.20. The number of carbonyl (C=O) groups is 1. The van der Waals surface area contributed by atoms with Gasteiger partial charge in [0, 0.05) is 12.6 Å². The minimum Gasteiger partial charge on any atom is -0.487 e. The van der Waals surface area contributed by atoms with Crippen molar-refractivity contribution in [2.75, 3.05) is 20.3 Å². The number of benzene rings is 2. The van der Waals surface area contributed by atoms with E-state index in [9.17, 15) is 4.79 Å². The van der Waals surface area contributed by atoms with Gasteiger partial charge in [0.25, 0.3) is 0 Å². The lowest BCUT2D eigenvalue weighted by Crippen LogP contribution is -2.22. The van der Waals surface area contributed by atoms with Crippen molar-refractivity contribution in [2.45, 2.75) is 25.6 Å². The first-order valence-corrected chi connectivity index (χ1v) is 10.9. The van der Waals surface area contributed by atoms with E-state index in [-0.39, 0.29) is 6.61 Å². The Morgan fingerprint density at radius 3 is 2.58 bits per heavy atom. The molecule has 0 N–H and O–H groups in total. The Bertz CT molecular complexity index is 1080. The number of oxime groups is 1. The van der Waals surface area contributed by atoms with Gasteiger partial charge in [-0.2, -0.15) is 0 Å². The van der Waals surface area contributed by atoms with Crippen molar-refractivity contribution in [1.29, 1.82) is 0 Å². The Balaban J connectivity index is 1.50. The lowest BCUT2D eigenvalue weighted by molar-refractivity contribution is -0.162. The molecule has 1 fully saturated rings. The summed E-state index contributed by atoms with van der Waals surface area (Å²) in [6, 6.07) is 21.1. The molecule has 2 heterocycles. The average molecular weight is 447 g/mol. The maximum atomic E-state index is 11.9. The van der Waals surface area contributed by atoms with E-state index >= 15 is 0 Å². The number of hydrogen-bond acceptors (Lipinski definition) is 7. The minimum absolute atomic E-state index is 0.106. The van der Waals surface area contributed by atoms with Crippen LogP contribution in [0.4, 0.5) is 0 Å². The van der Waals surface area contributed by atoms with Crippen LogP contribution in [0.25, 0.3) is 11.1 Å². The standard InChI is InChI=1S/C26H26N2O5/c1-30-26(29)21-14-15-27-23(17-21)24(28-33-25-9-5-6-16-31-25)18-32-22-12-10-20(11-13-22)19-7-3-2-4-8-19/h2-4,7-8,10-15,17,25H,5-6,9,16,18H2,1H3/b28-24+. The van der Waals surface area contributed by atoms with E-state index in [2.05, 4.69) is 22.3 Å². The molecule has 7 nitrogen and oxygen atoms in total. The molecule has 1 aliphatic rings. The Labute approximate surface area is 193 Å². The van der Waals surface area contributed by atoms with Gasteiger partial charge in [-0.05, 0) is 48.2 Å². The number of methoxy groups -OCH3 is 1. The average Bonchev–Trinajstić information content (AvgIpc) is 2.90. The van der Waals surface area contributed by atoms with Crippen molar-refractivity contribution in [3.05, 3.63) is 84.2 Å². The van der Waals surface area contributed by atoms with Gasteiger partial charge in [0.2, 0.25) is 6.29 Å². The highest BCUT2D eigenvalue weighted by Gasteiger charge is 2.17. The van der Waals surface area contributed by atoms with Crippen molar-refractivity contribution in [2.24, 2.45) is 5.16 Å². The molecule has 33 heavy (non-hydrogen) atoms. The number of carbonyl (C=O) groups excluding carboxylic acids is 1. The Hall–Kier alpha value is -3.71. The molecule has 0 bridgehead atoms. The van der Waals surface area contributed by atoms with Crippen LogP contribution >= 0.6 is 0 Å². The second-order valence-corrected chi connectivity index (χ2v) is 7.54. The van der Waals surface area contributed by atoms with Crippen LogP contribution in [0.5, 0.6) is 5.75 Å². The maximum Gasteiger partial charge on any atom is 0.337 e. The molecule has 0 amide bonds. The number of aromatic nitrogens is 1. The second kappa shape index (κ2) is 11.2. The van der Waals surface area contributed by atoms with E-state index in [0.29, 0.717) is 29.3 Å². The van der Waals surface area contributed by atoms with Crippen molar-refractivity contribution in [3.63, 3.8) is 0 Å². The zero-order valence-electron chi connectivity index (χ0n) is 18.5. The van der Waals surface area contributed by atoms with Crippen molar-refractivity contribution < 1.29 is 23.8 Å². The van der Waals surface area contributed by atoms with Crippen molar-refractivity contribution >= 4 is 11.7 Å². The highest BCUT2D eigenvalue weighted by molar-refractivity contribution is 6.01. The summed E-state index contributed by atoms with van der Waals surface area (Å²) in [5.74, 6) is 0.229. The molecule has 0 saturated carbocycles. The van der Waals surface area contributed by atoms with Crippen LogP contribution in [-0.2, 0) is 14.3 Å². The Kier molecular flexibility index (Phi) is 7.66. The first-order chi connectivity index (χ1) is 16.2. The Morgan fingerprint density at radius 2 is 1.85 bits per heavy atom. The molecule has 0 aliphatic carbocycles.